The van der Waals surface area contributed by atoms with Crippen molar-refractivity contribution in [2.24, 2.45) is 17.6 Å². The maximum Gasteiger partial charge on any atom is 0.224 e. The van der Waals surface area contributed by atoms with Crippen LogP contribution in [0.3, 0.4) is 0 Å². The van der Waals surface area contributed by atoms with Gasteiger partial charge in [-0.05, 0) is 56.8 Å². The molecule has 0 aliphatic heterocycles. The van der Waals surface area contributed by atoms with Gasteiger partial charge in [-0.25, -0.2) is 4.39 Å². The summed E-state index contributed by atoms with van der Waals surface area (Å²) in [6.07, 6.45) is 2.97. The van der Waals surface area contributed by atoms with Gasteiger partial charge in [0.05, 0.1) is 5.54 Å². The first-order valence-electron chi connectivity index (χ1n) is 7.22. The molecule has 3 N–H and O–H groups in total. The van der Waals surface area contributed by atoms with Crippen molar-refractivity contribution in [3.8, 4) is 0 Å². The molecule has 0 unspecified atom stereocenters. The second-order valence-corrected chi connectivity index (χ2v) is 6.16. The molecule has 0 saturated heterocycles. The third-order valence-electron chi connectivity index (χ3n) is 4.28. The quantitative estimate of drug-likeness (QED) is 0.889. The molecular weight excluding hydrogens is 255 g/mol. The van der Waals surface area contributed by atoms with Crippen LogP contribution in [0.15, 0.2) is 24.3 Å². The van der Waals surface area contributed by atoms with E-state index in [1.807, 2.05) is 19.9 Å². The molecule has 0 spiro atoms. The van der Waals surface area contributed by atoms with Gasteiger partial charge in [0.15, 0.2) is 0 Å². The molecule has 2 atom stereocenters. The highest BCUT2D eigenvalue weighted by Gasteiger charge is 2.34. The molecule has 1 aliphatic rings. The lowest BCUT2D eigenvalue weighted by molar-refractivity contribution is -0.127. The minimum absolute atomic E-state index is 0.00664. The summed E-state index contributed by atoms with van der Waals surface area (Å²) >= 11 is 0. The van der Waals surface area contributed by atoms with E-state index in [0.717, 1.165) is 24.8 Å². The summed E-state index contributed by atoms with van der Waals surface area (Å²) < 4.78 is 13.3. The molecule has 110 valence electrons. The lowest BCUT2D eigenvalue weighted by atomic mass is 9.90. The van der Waals surface area contributed by atoms with Crippen molar-refractivity contribution in [1.29, 1.82) is 0 Å². The number of benzene rings is 1. The molecular formula is C16H23FN2O. The van der Waals surface area contributed by atoms with Gasteiger partial charge < -0.3 is 11.1 Å². The van der Waals surface area contributed by atoms with Gasteiger partial charge in [-0.15, -0.1) is 0 Å². The van der Waals surface area contributed by atoms with Crippen molar-refractivity contribution in [3.63, 3.8) is 0 Å². The molecule has 1 aliphatic carbocycles. The van der Waals surface area contributed by atoms with E-state index in [2.05, 4.69) is 5.32 Å². The summed E-state index contributed by atoms with van der Waals surface area (Å²) in [4.78, 5) is 12.4. The lowest BCUT2D eigenvalue weighted by Crippen LogP contribution is -2.45. The highest BCUT2D eigenvalue weighted by atomic mass is 19.1. The Hall–Kier alpha value is -1.42. The normalized spacial score (nSPS) is 22.8. The summed E-state index contributed by atoms with van der Waals surface area (Å²) in [5, 5.41) is 3.04. The molecule has 1 amide bonds. The molecule has 4 heteroatoms. The summed E-state index contributed by atoms with van der Waals surface area (Å²) in [5.41, 5.74) is 5.92. The van der Waals surface area contributed by atoms with Gasteiger partial charge in [0, 0.05) is 5.92 Å². The fourth-order valence-corrected chi connectivity index (χ4v) is 3.01. The lowest BCUT2D eigenvalue weighted by Gasteiger charge is -2.30. The highest BCUT2D eigenvalue weighted by molar-refractivity contribution is 5.80. The predicted octanol–water partition coefficient (Wildman–Crippen LogP) is 2.55. The van der Waals surface area contributed by atoms with Crippen molar-refractivity contribution in [2.75, 3.05) is 6.54 Å². The molecule has 0 heterocycles. The maximum absolute atomic E-state index is 13.3. The summed E-state index contributed by atoms with van der Waals surface area (Å²) in [5.74, 6) is 0.0175. The Morgan fingerprint density at radius 1 is 1.45 bits per heavy atom. The van der Waals surface area contributed by atoms with Gasteiger partial charge in [0.1, 0.15) is 5.82 Å². The van der Waals surface area contributed by atoms with Gasteiger partial charge in [0.2, 0.25) is 5.91 Å². The van der Waals surface area contributed by atoms with Crippen molar-refractivity contribution in [2.45, 2.75) is 38.6 Å². The molecule has 3 nitrogen and oxygen atoms in total. The third kappa shape index (κ3) is 3.18. The Bertz CT molecular complexity index is 487. The topological polar surface area (TPSA) is 55.1 Å². The van der Waals surface area contributed by atoms with Crippen molar-refractivity contribution < 1.29 is 9.18 Å². The zero-order valence-corrected chi connectivity index (χ0v) is 12.2. The van der Waals surface area contributed by atoms with Crippen LogP contribution in [0.2, 0.25) is 0 Å². The summed E-state index contributed by atoms with van der Waals surface area (Å²) in [6.45, 7) is 4.34. The smallest absolute Gasteiger partial charge is 0.224 e. The molecule has 0 bridgehead atoms. The van der Waals surface area contributed by atoms with Gasteiger partial charge in [0.25, 0.3) is 0 Å². The van der Waals surface area contributed by atoms with Crippen LogP contribution >= 0.6 is 0 Å². The van der Waals surface area contributed by atoms with Crippen LogP contribution in [0.5, 0.6) is 0 Å². The molecule has 0 radical (unpaired) electrons. The minimum atomic E-state index is -0.582. The Labute approximate surface area is 119 Å². The average Bonchev–Trinajstić information content (AvgIpc) is 2.86. The van der Waals surface area contributed by atoms with Crippen LogP contribution in [-0.4, -0.2) is 12.5 Å². The van der Waals surface area contributed by atoms with E-state index in [0.29, 0.717) is 6.54 Å². The van der Waals surface area contributed by atoms with Crippen LogP contribution in [0.4, 0.5) is 4.39 Å². The molecule has 1 aromatic carbocycles. The van der Waals surface area contributed by atoms with E-state index < -0.39 is 5.54 Å². The predicted molar refractivity (Wildman–Crippen MR) is 77.5 cm³/mol. The Morgan fingerprint density at radius 3 is 2.85 bits per heavy atom. The maximum atomic E-state index is 13.3. The van der Waals surface area contributed by atoms with E-state index in [4.69, 9.17) is 5.73 Å². The van der Waals surface area contributed by atoms with Crippen LogP contribution in [0.1, 0.15) is 38.7 Å². The molecule has 2 rings (SSSR count). The highest BCUT2D eigenvalue weighted by Crippen LogP contribution is 2.32. The summed E-state index contributed by atoms with van der Waals surface area (Å²) in [7, 11) is 0. The van der Waals surface area contributed by atoms with E-state index in [1.54, 1.807) is 6.07 Å². The number of rotatable bonds is 4. The van der Waals surface area contributed by atoms with Gasteiger partial charge in [-0.3, -0.25) is 4.79 Å². The zero-order valence-electron chi connectivity index (χ0n) is 12.2. The van der Waals surface area contributed by atoms with Crippen molar-refractivity contribution in [1.82, 2.24) is 5.32 Å². The monoisotopic (exact) mass is 278 g/mol. The van der Waals surface area contributed by atoms with Gasteiger partial charge in [-0.2, -0.15) is 0 Å². The number of hydrogen-bond acceptors (Lipinski definition) is 2. The fraction of sp³-hybridized carbons (Fsp3) is 0.562. The van der Waals surface area contributed by atoms with Crippen molar-refractivity contribution >= 4 is 5.91 Å². The van der Waals surface area contributed by atoms with E-state index >= 15 is 0 Å². The SMILES string of the molecule is CC(C)(NC(=O)[C@@H]1CCC[C@@H]1CN)c1cccc(F)c1. The molecule has 0 aromatic heterocycles. The number of amides is 1. The zero-order chi connectivity index (χ0) is 14.8. The third-order valence-corrected chi connectivity index (χ3v) is 4.28. The largest absolute Gasteiger partial charge is 0.347 e. The van der Waals surface area contributed by atoms with Gasteiger partial charge >= 0.3 is 0 Å². The van der Waals surface area contributed by atoms with Crippen molar-refractivity contribution in [3.05, 3.63) is 35.6 Å². The Balaban J connectivity index is 2.09. The molecule has 1 fully saturated rings. The van der Waals surface area contributed by atoms with Crippen LogP contribution in [-0.2, 0) is 10.3 Å². The summed E-state index contributed by atoms with van der Waals surface area (Å²) in [6, 6.07) is 6.37. The number of nitrogens with two attached hydrogens (primary N) is 1. The molecule has 1 aromatic rings. The average molecular weight is 278 g/mol. The van der Waals surface area contributed by atoms with E-state index in [1.165, 1.54) is 12.1 Å². The van der Waals surface area contributed by atoms with E-state index in [-0.39, 0.29) is 23.6 Å². The minimum Gasteiger partial charge on any atom is -0.347 e. The number of carbonyl (C=O) groups excluding carboxylic acids is 1. The first-order valence-corrected chi connectivity index (χ1v) is 7.22. The second kappa shape index (κ2) is 5.92. The van der Waals surface area contributed by atoms with Crippen LogP contribution in [0.25, 0.3) is 0 Å². The Morgan fingerprint density at radius 2 is 2.20 bits per heavy atom. The van der Waals surface area contributed by atoms with E-state index in [9.17, 15) is 9.18 Å². The number of hydrogen-bond donors (Lipinski definition) is 2. The first kappa shape index (κ1) is 15.0. The first-order chi connectivity index (χ1) is 9.44. The fourth-order valence-electron chi connectivity index (χ4n) is 3.01. The molecule has 1 saturated carbocycles. The number of nitrogens with one attached hydrogen (secondary N) is 1. The van der Waals surface area contributed by atoms with Gasteiger partial charge in [-0.1, -0.05) is 18.6 Å². The van der Waals surface area contributed by atoms with Crippen LogP contribution in [0, 0.1) is 17.7 Å². The number of carbonyl (C=O) groups is 1. The number of halogens is 1. The van der Waals surface area contributed by atoms with Crippen LogP contribution < -0.4 is 11.1 Å². The standard InChI is InChI=1S/C16H23FN2O/c1-16(2,12-6-4-7-13(17)9-12)19-15(20)14-8-3-5-11(14)10-18/h4,6-7,9,11,14H,3,5,8,10,18H2,1-2H3,(H,19,20)/t11-,14-/m1/s1. The molecule has 20 heavy (non-hydrogen) atoms. The Kier molecular flexibility index (Phi) is 4.43. The second-order valence-electron chi connectivity index (χ2n) is 6.16.